The van der Waals surface area contributed by atoms with Gasteiger partial charge in [-0.2, -0.15) is 0 Å². The van der Waals surface area contributed by atoms with Gasteiger partial charge in [0.05, 0.1) is 12.2 Å². The number of nitrogens with one attached hydrogen (secondary N) is 2. The minimum absolute atomic E-state index is 0.00168. The molecule has 1 aliphatic heterocycles. The van der Waals surface area contributed by atoms with Crippen LogP contribution in [-0.4, -0.2) is 35.0 Å². The fraction of sp³-hybridized carbons (Fsp3) is 0.276. The zero-order chi connectivity index (χ0) is 28.3. The van der Waals surface area contributed by atoms with E-state index in [-0.39, 0.29) is 17.8 Å². The van der Waals surface area contributed by atoms with Gasteiger partial charge in [-0.1, -0.05) is 46.3 Å². The van der Waals surface area contributed by atoms with Crippen molar-refractivity contribution in [3.05, 3.63) is 99.0 Å². The van der Waals surface area contributed by atoms with Crippen molar-refractivity contribution in [2.24, 2.45) is 0 Å². The molecule has 3 amide bonds. The number of carbonyl (C=O) groups is 3. The van der Waals surface area contributed by atoms with Gasteiger partial charge >= 0.3 is 6.09 Å². The van der Waals surface area contributed by atoms with Gasteiger partial charge in [0.2, 0.25) is 0 Å². The highest BCUT2D eigenvalue weighted by Gasteiger charge is 2.31. The second-order valence-corrected chi connectivity index (χ2v) is 11.1. The molecule has 0 saturated carbocycles. The SMILES string of the molecule is CC(C)(C)OC(=O)N1CCc2cc(F)cc(C(=O)NC(C(=O)Nc3ccc(Br)cc3F)c3ccccc3)c2C1. The molecule has 1 aliphatic rings. The number of benzene rings is 3. The van der Waals surface area contributed by atoms with Crippen LogP contribution in [0, 0.1) is 11.6 Å². The molecule has 1 unspecified atom stereocenters. The Morgan fingerprint density at radius 2 is 1.74 bits per heavy atom. The van der Waals surface area contributed by atoms with Crippen molar-refractivity contribution in [2.75, 3.05) is 11.9 Å². The second kappa shape index (κ2) is 11.5. The monoisotopic (exact) mass is 599 g/mol. The van der Waals surface area contributed by atoms with Crippen LogP contribution >= 0.6 is 15.9 Å². The van der Waals surface area contributed by atoms with Crippen LogP contribution in [-0.2, 0) is 22.5 Å². The average Bonchev–Trinajstić information content (AvgIpc) is 2.87. The van der Waals surface area contributed by atoms with E-state index in [2.05, 4.69) is 26.6 Å². The lowest BCUT2D eigenvalue weighted by atomic mass is 9.93. The van der Waals surface area contributed by atoms with E-state index in [1.165, 1.54) is 23.1 Å². The standard InChI is InChI=1S/C29H28BrF2N3O4/c1-29(2,3)39-28(38)35-12-11-18-13-20(31)15-21(22(18)16-35)26(36)34-25(17-7-5-4-6-8-17)27(37)33-24-10-9-19(30)14-23(24)32/h4-10,13-15,25H,11-12,16H2,1-3H3,(H,33,37)(H,34,36). The molecule has 204 valence electrons. The molecule has 0 fully saturated rings. The Morgan fingerprint density at radius 3 is 2.41 bits per heavy atom. The fourth-order valence-electron chi connectivity index (χ4n) is 4.26. The first-order chi connectivity index (χ1) is 18.4. The van der Waals surface area contributed by atoms with E-state index in [4.69, 9.17) is 4.74 Å². The van der Waals surface area contributed by atoms with E-state index in [9.17, 15) is 23.2 Å². The molecular formula is C29H28BrF2N3O4. The van der Waals surface area contributed by atoms with E-state index in [0.717, 1.165) is 6.07 Å². The van der Waals surface area contributed by atoms with Crippen molar-refractivity contribution in [1.29, 1.82) is 0 Å². The van der Waals surface area contributed by atoms with Gasteiger partial charge < -0.3 is 20.3 Å². The summed E-state index contributed by atoms with van der Waals surface area (Å²) in [5, 5.41) is 5.19. The summed E-state index contributed by atoms with van der Waals surface area (Å²) in [6, 6.07) is 13.8. The predicted molar refractivity (Wildman–Crippen MR) is 146 cm³/mol. The van der Waals surface area contributed by atoms with Crippen molar-refractivity contribution in [2.45, 2.75) is 45.4 Å². The lowest BCUT2D eigenvalue weighted by Crippen LogP contribution is -2.41. The van der Waals surface area contributed by atoms with Crippen molar-refractivity contribution in [3.8, 4) is 0 Å². The Kier molecular flexibility index (Phi) is 8.34. The second-order valence-electron chi connectivity index (χ2n) is 10.2. The fourth-order valence-corrected chi connectivity index (χ4v) is 4.60. The maximum absolute atomic E-state index is 14.6. The molecule has 3 aromatic rings. The molecule has 0 spiro atoms. The summed E-state index contributed by atoms with van der Waals surface area (Å²) in [6.07, 6.45) is -0.209. The highest BCUT2D eigenvalue weighted by atomic mass is 79.9. The first-order valence-corrected chi connectivity index (χ1v) is 13.1. The van der Waals surface area contributed by atoms with Crippen molar-refractivity contribution < 1.29 is 27.9 Å². The molecule has 0 aliphatic carbocycles. The van der Waals surface area contributed by atoms with Crippen molar-refractivity contribution in [1.82, 2.24) is 10.2 Å². The molecule has 0 bridgehead atoms. The van der Waals surface area contributed by atoms with Gasteiger partial charge in [0.15, 0.2) is 0 Å². The Morgan fingerprint density at radius 1 is 1.03 bits per heavy atom. The molecule has 39 heavy (non-hydrogen) atoms. The quantitative estimate of drug-likeness (QED) is 0.369. The molecule has 10 heteroatoms. The third kappa shape index (κ3) is 7.00. The average molecular weight is 600 g/mol. The number of nitrogens with zero attached hydrogens (tertiary/aromatic N) is 1. The number of hydrogen-bond donors (Lipinski definition) is 2. The lowest BCUT2D eigenvalue weighted by molar-refractivity contribution is -0.118. The summed E-state index contributed by atoms with van der Waals surface area (Å²) in [5.41, 5.74) is 0.748. The Bertz CT molecular complexity index is 1410. The number of amides is 3. The molecule has 2 N–H and O–H groups in total. The maximum atomic E-state index is 14.6. The molecule has 7 nitrogen and oxygen atoms in total. The molecule has 3 aromatic carbocycles. The Balaban J connectivity index is 1.63. The van der Waals surface area contributed by atoms with Crippen LogP contribution in [0.1, 0.15) is 53.9 Å². The third-order valence-corrected chi connectivity index (χ3v) is 6.56. The first-order valence-electron chi connectivity index (χ1n) is 12.3. The van der Waals surface area contributed by atoms with Crippen LogP contribution in [0.3, 0.4) is 0 Å². The van der Waals surface area contributed by atoms with Gasteiger partial charge in [-0.3, -0.25) is 9.59 Å². The van der Waals surface area contributed by atoms with Gasteiger partial charge in [0.25, 0.3) is 11.8 Å². The van der Waals surface area contributed by atoms with Crippen molar-refractivity contribution in [3.63, 3.8) is 0 Å². The summed E-state index contributed by atoms with van der Waals surface area (Å²) < 4.78 is 35.0. The number of ether oxygens (including phenoxy) is 1. The predicted octanol–water partition coefficient (Wildman–Crippen LogP) is 6.13. The van der Waals surface area contributed by atoms with Crippen LogP contribution in [0.25, 0.3) is 0 Å². The van der Waals surface area contributed by atoms with E-state index in [0.29, 0.717) is 34.1 Å². The highest BCUT2D eigenvalue weighted by molar-refractivity contribution is 9.10. The van der Waals surface area contributed by atoms with E-state index in [1.807, 2.05) is 0 Å². The molecule has 1 heterocycles. The first kappa shape index (κ1) is 28.2. The molecule has 1 atom stereocenters. The van der Waals surface area contributed by atoms with Gasteiger partial charge in [0.1, 0.15) is 23.3 Å². The Labute approximate surface area is 233 Å². The molecular weight excluding hydrogens is 572 g/mol. The number of hydrogen-bond acceptors (Lipinski definition) is 4. The maximum Gasteiger partial charge on any atom is 0.410 e. The number of halogens is 3. The van der Waals surface area contributed by atoms with Crippen LogP contribution < -0.4 is 10.6 Å². The van der Waals surface area contributed by atoms with Gasteiger partial charge in [-0.25, -0.2) is 13.6 Å². The van der Waals surface area contributed by atoms with Crippen molar-refractivity contribution >= 4 is 39.5 Å². The lowest BCUT2D eigenvalue weighted by Gasteiger charge is -2.32. The third-order valence-electron chi connectivity index (χ3n) is 6.06. The minimum atomic E-state index is -1.22. The largest absolute Gasteiger partial charge is 0.444 e. The van der Waals surface area contributed by atoms with E-state index >= 15 is 0 Å². The molecule has 0 aromatic heterocycles. The summed E-state index contributed by atoms with van der Waals surface area (Å²) in [6.45, 7) is 5.61. The van der Waals surface area contributed by atoms with Crippen LogP contribution in [0.2, 0.25) is 0 Å². The van der Waals surface area contributed by atoms with E-state index in [1.54, 1.807) is 57.2 Å². The smallest absolute Gasteiger partial charge is 0.410 e. The van der Waals surface area contributed by atoms with Crippen LogP contribution in [0.5, 0.6) is 0 Å². The van der Waals surface area contributed by atoms with Gasteiger partial charge in [0, 0.05) is 16.6 Å². The van der Waals surface area contributed by atoms with Crippen LogP contribution in [0.15, 0.2) is 65.1 Å². The number of anilines is 1. The Hall–Kier alpha value is -3.79. The summed E-state index contributed by atoms with van der Waals surface area (Å²) in [7, 11) is 0. The van der Waals surface area contributed by atoms with E-state index < -0.39 is 41.2 Å². The number of rotatable bonds is 5. The minimum Gasteiger partial charge on any atom is -0.444 e. The number of carbonyl (C=O) groups excluding carboxylic acids is 3. The zero-order valence-corrected chi connectivity index (χ0v) is 23.3. The molecule has 0 saturated heterocycles. The summed E-state index contributed by atoms with van der Waals surface area (Å²) >= 11 is 3.18. The van der Waals surface area contributed by atoms with Gasteiger partial charge in [-0.05, 0) is 74.2 Å². The van der Waals surface area contributed by atoms with Gasteiger partial charge in [-0.15, -0.1) is 0 Å². The summed E-state index contributed by atoms with van der Waals surface area (Å²) in [4.78, 5) is 41.0. The highest BCUT2D eigenvalue weighted by Crippen LogP contribution is 2.27. The normalized spacial score (nSPS) is 13.7. The number of fused-ring (bicyclic) bond motifs is 1. The molecule has 4 rings (SSSR count). The van der Waals surface area contributed by atoms with Crippen LogP contribution in [0.4, 0.5) is 19.3 Å². The molecule has 0 radical (unpaired) electrons. The zero-order valence-electron chi connectivity index (χ0n) is 21.7. The topological polar surface area (TPSA) is 87.7 Å². The summed E-state index contributed by atoms with van der Waals surface area (Å²) in [5.74, 6) is -2.66.